The Morgan fingerprint density at radius 3 is 2.75 bits per heavy atom. The van der Waals surface area contributed by atoms with E-state index in [0.29, 0.717) is 25.4 Å². The summed E-state index contributed by atoms with van der Waals surface area (Å²) < 4.78 is 15.7. The first kappa shape index (κ1) is 15.5. The predicted octanol–water partition coefficient (Wildman–Crippen LogP) is -0.504. The van der Waals surface area contributed by atoms with Gasteiger partial charge in [-0.1, -0.05) is 0 Å². The molecule has 0 saturated carbocycles. The highest BCUT2D eigenvalue weighted by molar-refractivity contribution is 7.84. The maximum absolute atomic E-state index is 11.3. The first-order valence-electron chi connectivity index (χ1n) is 5.35. The highest BCUT2D eigenvalue weighted by Gasteiger charge is 2.05. The van der Waals surface area contributed by atoms with E-state index < -0.39 is 10.8 Å². The van der Waals surface area contributed by atoms with E-state index in [1.807, 2.05) is 6.92 Å². The predicted molar refractivity (Wildman–Crippen MR) is 65.9 cm³/mol. The molecular formula is C10H22N2O3S. The summed E-state index contributed by atoms with van der Waals surface area (Å²) in [5.74, 6) is 0.626. The number of hydrogen-bond donors (Lipinski definition) is 2. The molecular weight excluding hydrogens is 228 g/mol. The third kappa shape index (κ3) is 10.1. The van der Waals surface area contributed by atoms with Crippen molar-refractivity contribution < 1.29 is 13.7 Å². The second kappa shape index (κ2) is 9.74. The summed E-state index contributed by atoms with van der Waals surface area (Å²) >= 11 is 0. The van der Waals surface area contributed by atoms with E-state index in [1.54, 1.807) is 13.4 Å². The van der Waals surface area contributed by atoms with Crippen LogP contribution in [0.3, 0.4) is 0 Å². The van der Waals surface area contributed by atoms with E-state index in [1.165, 1.54) is 0 Å². The van der Waals surface area contributed by atoms with Crippen molar-refractivity contribution in [2.75, 3.05) is 38.8 Å². The third-order valence-corrected chi connectivity index (χ3v) is 2.89. The van der Waals surface area contributed by atoms with Gasteiger partial charge in [0.15, 0.2) is 0 Å². The lowest BCUT2D eigenvalue weighted by Gasteiger charge is -2.12. The van der Waals surface area contributed by atoms with Crippen molar-refractivity contribution in [3.63, 3.8) is 0 Å². The first-order chi connectivity index (χ1) is 7.56. The number of rotatable bonds is 9. The fourth-order valence-electron chi connectivity index (χ4n) is 1.07. The average Bonchev–Trinajstić information content (AvgIpc) is 2.24. The molecule has 2 N–H and O–H groups in total. The number of ether oxygens (including phenoxy) is 1. The molecule has 96 valence electrons. The van der Waals surface area contributed by atoms with Gasteiger partial charge in [0.1, 0.15) is 0 Å². The minimum absolute atomic E-state index is 0.0403. The Bertz CT molecular complexity index is 224. The van der Waals surface area contributed by atoms with E-state index in [4.69, 9.17) is 4.74 Å². The number of carbonyl (C=O) groups excluding carboxylic acids is 1. The molecule has 1 amide bonds. The van der Waals surface area contributed by atoms with E-state index >= 15 is 0 Å². The van der Waals surface area contributed by atoms with Crippen LogP contribution in [0, 0.1) is 0 Å². The second-order valence-corrected chi connectivity index (χ2v) is 5.25. The minimum Gasteiger partial charge on any atom is -0.383 e. The second-order valence-electron chi connectivity index (χ2n) is 3.69. The van der Waals surface area contributed by atoms with Gasteiger partial charge in [-0.05, 0) is 13.3 Å². The summed E-state index contributed by atoms with van der Waals surface area (Å²) in [4.78, 5) is 11.3. The molecule has 0 aromatic heterocycles. The first-order valence-corrected chi connectivity index (χ1v) is 7.08. The molecule has 0 heterocycles. The Kier molecular flexibility index (Phi) is 9.46. The molecule has 0 aliphatic carbocycles. The lowest BCUT2D eigenvalue weighted by molar-refractivity contribution is -0.120. The Hall–Kier alpha value is -0.460. The number of hydrogen-bond acceptors (Lipinski definition) is 4. The number of carbonyl (C=O) groups is 1. The van der Waals surface area contributed by atoms with Crippen LogP contribution in [-0.4, -0.2) is 55.0 Å². The molecule has 2 unspecified atom stereocenters. The van der Waals surface area contributed by atoms with Crippen LogP contribution in [0.25, 0.3) is 0 Å². The van der Waals surface area contributed by atoms with Crippen LogP contribution in [0.15, 0.2) is 0 Å². The van der Waals surface area contributed by atoms with Crippen LogP contribution >= 0.6 is 0 Å². The highest BCUT2D eigenvalue weighted by Crippen LogP contribution is 1.91. The molecule has 6 heteroatoms. The summed E-state index contributed by atoms with van der Waals surface area (Å²) in [5, 5.41) is 5.79. The average molecular weight is 250 g/mol. The lowest BCUT2D eigenvalue weighted by atomic mass is 10.2. The van der Waals surface area contributed by atoms with Gasteiger partial charge in [-0.3, -0.25) is 9.00 Å². The molecule has 0 aliphatic heterocycles. The molecule has 0 radical (unpaired) electrons. The van der Waals surface area contributed by atoms with Crippen molar-refractivity contribution in [2.45, 2.75) is 19.4 Å². The molecule has 0 bridgehead atoms. The molecule has 0 spiro atoms. The standard InChI is InChI=1S/C10H22N2O3S/c1-9(4-7-16(3)14)12-8-10(13)11-5-6-15-2/h9,12H,4-8H2,1-3H3,(H,11,13). The van der Waals surface area contributed by atoms with Crippen molar-refractivity contribution in [2.24, 2.45) is 0 Å². The van der Waals surface area contributed by atoms with Gasteiger partial charge in [0.25, 0.3) is 0 Å². The van der Waals surface area contributed by atoms with Crippen LogP contribution in [0.2, 0.25) is 0 Å². The fourth-order valence-corrected chi connectivity index (χ4v) is 1.75. The lowest BCUT2D eigenvalue weighted by Crippen LogP contribution is -2.39. The van der Waals surface area contributed by atoms with Crippen LogP contribution < -0.4 is 10.6 Å². The van der Waals surface area contributed by atoms with Crippen molar-refractivity contribution in [3.05, 3.63) is 0 Å². The van der Waals surface area contributed by atoms with Gasteiger partial charge in [-0.25, -0.2) is 0 Å². The van der Waals surface area contributed by atoms with E-state index in [9.17, 15) is 9.00 Å². The Morgan fingerprint density at radius 1 is 1.50 bits per heavy atom. The minimum atomic E-state index is -0.764. The van der Waals surface area contributed by atoms with Crippen LogP contribution in [0.4, 0.5) is 0 Å². The van der Waals surface area contributed by atoms with Gasteiger partial charge < -0.3 is 15.4 Å². The molecule has 5 nitrogen and oxygen atoms in total. The van der Waals surface area contributed by atoms with E-state index in [2.05, 4.69) is 10.6 Å². The van der Waals surface area contributed by atoms with Crippen LogP contribution in [0.5, 0.6) is 0 Å². The normalized spacial score (nSPS) is 14.4. The van der Waals surface area contributed by atoms with Crippen molar-refractivity contribution in [1.82, 2.24) is 10.6 Å². The molecule has 0 rings (SSSR count). The zero-order valence-corrected chi connectivity index (χ0v) is 11.1. The van der Waals surface area contributed by atoms with E-state index in [-0.39, 0.29) is 11.9 Å². The van der Waals surface area contributed by atoms with Crippen molar-refractivity contribution in [1.29, 1.82) is 0 Å². The van der Waals surface area contributed by atoms with Gasteiger partial charge in [-0.15, -0.1) is 0 Å². The number of nitrogens with one attached hydrogen (secondary N) is 2. The molecule has 0 fully saturated rings. The molecule has 0 saturated heterocycles. The summed E-state index contributed by atoms with van der Waals surface area (Å²) in [5.41, 5.74) is 0. The summed E-state index contributed by atoms with van der Waals surface area (Å²) in [6, 6.07) is 0.206. The van der Waals surface area contributed by atoms with Gasteiger partial charge in [-0.2, -0.15) is 0 Å². The van der Waals surface area contributed by atoms with Gasteiger partial charge in [0.2, 0.25) is 5.91 Å². The molecule has 0 aromatic rings. The van der Waals surface area contributed by atoms with Crippen molar-refractivity contribution >= 4 is 16.7 Å². The quantitative estimate of drug-likeness (QED) is 0.541. The number of amides is 1. The Labute approximate surface area is 99.8 Å². The zero-order chi connectivity index (χ0) is 12.4. The number of methoxy groups -OCH3 is 1. The smallest absolute Gasteiger partial charge is 0.234 e. The maximum atomic E-state index is 11.3. The van der Waals surface area contributed by atoms with Gasteiger partial charge in [0.05, 0.1) is 13.2 Å². The molecule has 0 aliphatic rings. The van der Waals surface area contributed by atoms with Crippen LogP contribution in [-0.2, 0) is 20.3 Å². The highest BCUT2D eigenvalue weighted by atomic mass is 32.2. The third-order valence-electron chi connectivity index (χ3n) is 2.08. The molecule has 0 aromatic carbocycles. The van der Waals surface area contributed by atoms with Crippen molar-refractivity contribution in [3.8, 4) is 0 Å². The fraction of sp³-hybridized carbons (Fsp3) is 0.900. The summed E-state index contributed by atoms with van der Waals surface area (Å²) in [6.45, 7) is 3.33. The Morgan fingerprint density at radius 2 is 2.19 bits per heavy atom. The maximum Gasteiger partial charge on any atom is 0.234 e. The van der Waals surface area contributed by atoms with Gasteiger partial charge in [0, 0.05) is 42.5 Å². The Balaban J connectivity index is 3.47. The summed E-state index contributed by atoms with van der Waals surface area (Å²) in [7, 11) is 0.831. The molecule has 16 heavy (non-hydrogen) atoms. The van der Waals surface area contributed by atoms with Gasteiger partial charge >= 0.3 is 0 Å². The largest absolute Gasteiger partial charge is 0.383 e. The monoisotopic (exact) mass is 250 g/mol. The molecule has 2 atom stereocenters. The zero-order valence-electron chi connectivity index (χ0n) is 10.2. The van der Waals surface area contributed by atoms with E-state index in [0.717, 1.165) is 6.42 Å². The van der Waals surface area contributed by atoms with Crippen LogP contribution in [0.1, 0.15) is 13.3 Å². The SMILES string of the molecule is COCCNC(=O)CNC(C)CCS(C)=O. The summed E-state index contributed by atoms with van der Waals surface area (Å²) in [6.07, 6.45) is 2.50. The topological polar surface area (TPSA) is 67.4 Å².